The topological polar surface area (TPSA) is 80.1 Å². The van der Waals surface area contributed by atoms with Crippen molar-refractivity contribution in [1.29, 1.82) is 0 Å². The zero-order valence-corrected chi connectivity index (χ0v) is 14.4. The van der Waals surface area contributed by atoms with Gasteiger partial charge < -0.3 is 9.26 Å². The Bertz CT molecular complexity index is 685. The molecule has 1 fully saturated rings. The number of likely N-dealkylation sites (tertiary alicyclic amines) is 1. The Morgan fingerprint density at radius 2 is 2.17 bits per heavy atom. The van der Waals surface area contributed by atoms with E-state index in [1.165, 1.54) is 11.3 Å². The van der Waals surface area contributed by atoms with Crippen LogP contribution in [0.3, 0.4) is 0 Å². The molecule has 0 radical (unpaired) electrons. The fourth-order valence-corrected chi connectivity index (χ4v) is 3.78. The maximum atomic E-state index is 6.19. The lowest BCUT2D eigenvalue weighted by atomic mass is 9.84. The van der Waals surface area contributed by atoms with Crippen molar-refractivity contribution in [1.82, 2.24) is 25.2 Å². The van der Waals surface area contributed by atoms with Crippen LogP contribution in [0, 0.1) is 5.92 Å². The van der Waals surface area contributed by atoms with Crippen molar-refractivity contribution >= 4 is 0 Å². The third-order valence-electron chi connectivity index (χ3n) is 5.05. The van der Waals surface area contributed by atoms with Crippen molar-refractivity contribution in [2.75, 3.05) is 19.7 Å². The normalized spacial score (nSPS) is 20.6. The van der Waals surface area contributed by atoms with Crippen molar-refractivity contribution in [3.8, 4) is 0 Å². The maximum Gasteiger partial charge on any atom is 0.226 e. The second-order valence-electron chi connectivity index (χ2n) is 7.34. The number of rotatable bonds is 4. The van der Waals surface area contributed by atoms with Gasteiger partial charge >= 0.3 is 0 Å². The number of piperidine rings is 1. The minimum absolute atomic E-state index is 0.180. The van der Waals surface area contributed by atoms with Crippen molar-refractivity contribution in [3.63, 3.8) is 0 Å². The van der Waals surface area contributed by atoms with Crippen LogP contribution in [-0.2, 0) is 29.7 Å². The molecule has 130 valence electrons. The van der Waals surface area contributed by atoms with Crippen LogP contribution in [0.2, 0.25) is 0 Å². The van der Waals surface area contributed by atoms with Crippen molar-refractivity contribution in [2.24, 2.45) is 5.92 Å². The summed E-state index contributed by atoms with van der Waals surface area (Å²) in [6.45, 7) is 7.77. The average molecular weight is 331 g/mol. The summed E-state index contributed by atoms with van der Waals surface area (Å²) >= 11 is 0. The molecule has 4 rings (SSSR count). The molecule has 2 aliphatic rings. The van der Waals surface area contributed by atoms with E-state index in [-0.39, 0.29) is 5.60 Å². The summed E-state index contributed by atoms with van der Waals surface area (Å²) in [5.74, 6) is 2.06. The van der Waals surface area contributed by atoms with Gasteiger partial charge in [-0.25, -0.2) is 0 Å². The minimum atomic E-state index is -0.180. The highest BCUT2D eigenvalue weighted by molar-refractivity contribution is 5.26. The van der Waals surface area contributed by atoms with Gasteiger partial charge in [0.1, 0.15) is 5.60 Å². The summed E-state index contributed by atoms with van der Waals surface area (Å²) in [7, 11) is 0. The number of nitrogens with one attached hydrogen (secondary N) is 1. The van der Waals surface area contributed by atoms with Crippen LogP contribution in [0.4, 0.5) is 0 Å². The average Bonchev–Trinajstić information content (AvgIpc) is 3.19. The van der Waals surface area contributed by atoms with Crippen LogP contribution >= 0.6 is 0 Å². The van der Waals surface area contributed by atoms with Gasteiger partial charge in [0.15, 0.2) is 5.82 Å². The molecule has 1 spiro atoms. The summed E-state index contributed by atoms with van der Waals surface area (Å²) < 4.78 is 11.5. The first-order valence-electron chi connectivity index (χ1n) is 8.85. The van der Waals surface area contributed by atoms with Gasteiger partial charge in [0, 0.05) is 19.5 Å². The van der Waals surface area contributed by atoms with Crippen molar-refractivity contribution in [3.05, 3.63) is 29.2 Å². The monoisotopic (exact) mass is 331 g/mol. The number of ether oxygens (including phenoxy) is 1. The highest BCUT2D eigenvalue weighted by Gasteiger charge is 2.42. The predicted octanol–water partition coefficient (Wildman–Crippen LogP) is 2.06. The minimum Gasteiger partial charge on any atom is -0.368 e. The van der Waals surface area contributed by atoms with Crippen LogP contribution < -0.4 is 0 Å². The van der Waals surface area contributed by atoms with Crippen molar-refractivity contribution < 1.29 is 9.26 Å². The van der Waals surface area contributed by atoms with Crippen LogP contribution in [0.1, 0.15) is 49.7 Å². The number of hydrogen-bond donors (Lipinski definition) is 1. The Kier molecular flexibility index (Phi) is 4.14. The van der Waals surface area contributed by atoms with Gasteiger partial charge in [0.2, 0.25) is 5.89 Å². The lowest BCUT2D eigenvalue weighted by molar-refractivity contribution is -0.102. The highest BCUT2D eigenvalue weighted by atomic mass is 16.5. The van der Waals surface area contributed by atoms with Gasteiger partial charge in [-0.15, -0.1) is 0 Å². The van der Waals surface area contributed by atoms with Crippen LogP contribution in [0.15, 0.2) is 10.7 Å². The molecule has 2 aliphatic heterocycles. The predicted molar refractivity (Wildman–Crippen MR) is 87.3 cm³/mol. The van der Waals surface area contributed by atoms with Crippen LogP contribution in [0.5, 0.6) is 0 Å². The van der Waals surface area contributed by atoms with E-state index >= 15 is 0 Å². The number of hydrogen-bond acceptors (Lipinski definition) is 6. The summed E-state index contributed by atoms with van der Waals surface area (Å²) in [6, 6.07) is 0. The van der Waals surface area contributed by atoms with E-state index in [0.717, 1.165) is 63.6 Å². The van der Waals surface area contributed by atoms with Crippen LogP contribution in [-0.4, -0.2) is 44.9 Å². The van der Waals surface area contributed by atoms with E-state index < -0.39 is 0 Å². The lowest BCUT2D eigenvalue weighted by Crippen LogP contribution is -2.46. The van der Waals surface area contributed by atoms with Gasteiger partial charge in [0.05, 0.1) is 25.0 Å². The molecular weight excluding hydrogens is 306 g/mol. The molecule has 7 nitrogen and oxygen atoms in total. The molecule has 0 atom stereocenters. The van der Waals surface area contributed by atoms with E-state index in [2.05, 4.69) is 39.1 Å². The molecule has 0 aromatic carbocycles. The second kappa shape index (κ2) is 6.29. The smallest absolute Gasteiger partial charge is 0.226 e. The summed E-state index contributed by atoms with van der Waals surface area (Å²) in [6.07, 6.45) is 5.69. The van der Waals surface area contributed by atoms with E-state index in [9.17, 15) is 0 Å². The molecule has 7 heteroatoms. The first-order valence-corrected chi connectivity index (χ1v) is 8.85. The van der Waals surface area contributed by atoms with Gasteiger partial charge in [0.25, 0.3) is 0 Å². The molecule has 2 aromatic heterocycles. The number of aromatic nitrogens is 4. The summed E-state index contributed by atoms with van der Waals surface area (Å²) in [5.41, 5.74) is 2.32. The van der Waals surface area contributed by atoms with Gasteiger partial charge in [-0.3, -0.25) is 10.00 Å². The van der Waals surface area contributed by atoms with Gasteiger partial charge in [-0.05, 0) is 30.7 Å². The van der Waals surface area contributed by atoms with E-state index in [1.54, 1.807) is 0 Å². The van der Waals surface area contributed by atoms with E-state index in [4.69, 9.17) is 9.26 Å². The molecular formula is C17H25N5O2. The number of H-pyrrole nitrogens is 1. The zero-order valence-electron chi connectivity index (χ0n) is 14.4. The molecule has 2 aromatic rings. The van der Waals surface area contributed by atoms with Gasteiger partial charge in [-0.1, -0.05) is 19.0 Å². The zero-order chi connectivity index (χ0) is 16.6. The third kappa shape index (κ3) is 2.98. The first-order chi connectivity index (χ1) is 11.6. The second-order valence-corrected chi connectivity index (χ2v) is 7.34. The maximum absolute atomic E-state index is 6.19. The van der Waals surface area contributed by atoms with E-state index in [0.29, 0.717) is 5.92 Å². The Hall–Kier alpha value is -1.73. The first kappa shape index (κ1) is 15.8. The van der Waals surface area contributed by atoms with Gasteiger partial charge in [-0.2, -0.15) is 10.1 Å². The molecule has 1 N–H and O–H groups in total. The lowest BCUT2D eigenvalue weighted by Gasteiger charge is -2.43. The molecule has 24 heavy (non-hydrogen) atoms. The molecule has 0 saturated carbocycles. The van der Waals surface area contributed by atoms with E-state index in [1.807, 2.05) is 6.20 Å². The molecule has 1 saturated heterocycles. The standard InChI is InChI=1S/C17H25N5O2/c1-12(2)9-15-19-14(21-24-15)11-22-6-4-17(5-7-22)16-13(3-8-23-17)10-18-20-16/h10,12H,3-9,11H2,1-2H3,(H,18,20). The Morgan fingerprint density at radius 1 is 1.33 bits per heavy atom. The fraction of sp³-hybridized carbons (Fsp3) is 0.706. The Labute approximate surface area is 141 Å². The number of aromatic amines is 1. The summed E-state index contributed by atoms with van der Waals surface area (Å²) in [4.78, 5) is 6.89. The molecule has 0 aliphatic carbocycles. The Balaban J connectivity index is 1.38. The Morgan fingerprint density at radius 3 is 2.96 bits per heavy atom. The fourth-order valence-electron chi connectivity index (χ4n) is 3.78. The molecule has 0 unspecified atom stereocenters. The quantitative estimate of drug-likeness (QED) is 0.924. The SMILES string of the molecule is CC(C)Cc1nc(CN2CCC3(CC2)OCCc2cn[nH]c23)no1. The summed E-state index contributed by atoms with van der Waals surface area (Å²) in [5, 5.41) is 11.5. The highest BCUT2D eigenvalue weighted by Crippen LogP contribution is 2.40. The molecule has 0 amide bonds. The number of nitrogens with zero attached hydrogens (tertiary/aromatic N) is 4. The van der Waals surface area contributed by atoms with Crippen LogP contribution in [0.25, 0.3) is 0 Å². The molecule has 4 heterocycles. The third-order valence-corrected chi connectivity index (χ3v) is 5.05. The molecule has 0 bridgehead atoms. The largest absolute Gasteiger partial charge is 0.368 e. The number of fused-ring (bicyclic) bond motifs is 2. The van der Waals surface area contributed by atoms with Crippen molar-refractivity contribution in [2.45, 2.75) is 51.7 Å².